The van der Waals surface area contributed by atoms with Gasteiger partial charge in [0.05, 0.1) is 6.61 Å². The van der Waals surface area contributed by atoms with Gasteiger partial charge in [-0.2, -0.15) is 0 Å². The Bertz CT molecular complexity index is 1320. The maximum Gasteiger partial charge on any atom is 0.239 e. The number of phenols is 6. The topological polar surface area (TPSA) is 251 Å². The quantitative estimate of drug-likeness (QED) is 0.152. The zero-order valence-electron chi connectivity index (χ0n) is 17.4. The third kappa shape index (κ3) is 3.88. The van der Waals surface area contributed by atoms with Gasteiger partial charge in [0.2, 0.25) is 23.2 Å². The van der Waals surface area contributed by atoms with E-state index in [9.17, 15) is 55.9 Å². The number of aliphatic hydroxyl groups excluding tert-OH is 4. The number of fused-ring (bicyclic) bond motifs is 1. The Hall–Kier alpha value is -3.95. The molecule has 1 aliphatic heterocycles. The number of hydrogen-bond acceptors (Lipinski definition) is 14. The van der Waals surface area contributed by atoms with Crippen molar-refractivity contribution in [3.63, 3.8) is 0 Å². The molecule has 35 heavy (non-hydrogen) atoms. The van der Waals surface area contributed by atoms with Crippen LogP contribution in [-0.4, -0.2) is 88.4 Å². The molecule has 14 nitrogen and oxygen atoms in total. The summed E-state index contributed by atoms with van der Waals surface area (Å²) < 4.78 is 16.1. The van der Waals surface area contributed by atoms with Crippen molar-refractivity contribution in [1.29, 1.82) is 0 Å². The Morgan fingerprint density at radius 3 is 2.00 bits per heavy atom. The van der Waals surface area contributed by atoms with Crippen molar-refractivity contribution in [1.82, 2.24) is 0 Å². The van der Waals surface area contributed by atoms with Crippen molar-refractivity contribution < 1.29 is 65.0 Å². The van der Waals surface area contributed by atoms with E-state index in [4.69, 9.17) is 13.9 Å². The van der Waals surface area contributed by atoms with E-state index in [2.05, 4.69) is 0 Å². The lowest BCUT2D eigenvalue weighted by molar-refractivity contribution is -0.277. The predicted molar refractivity (Wildman–Crippen MR) is 112 cm³/mol. The molecule has 3 aromatic rings. The van der Waals surface area contributed by atoms with Gasteiger partial charge in [-0.1, -0.05) is 0 Å². The number of phenolic OH excluding ortho intramolecular Hbond substituents is 6. The molecule has 0 saturated carbocycles. The van der Waals surface area contributed by atoms with Crippen molar-refractivity contribution in [2.45, 2.75) is 30.7 Å². The van der Waals surface area contributed by atoms with Crippen LogP contribution in [-0.2, 0) is 4.74 Å². The Balaban J connectivity index is 1.97. The van der Waals surface area contributed by atoms with Gasteiger partial charge in [0.1, 0.15) is 35.6 Å². The fraction of sp³-hybridized carbons (Fsp3) is 0.286. The highest BCUT2D eigenvalue weighted by atomic mass is 16.7. The number of hydrogen-bond donors (Lipinski definition) is 10. The molecule has 0 radical (unpaired) electrons. The predicted octanol–water partition coefficient (Wildman–Crippen LogP) is -1.13. The van der Waals surface area contributed by atoms with Crippen LogP contribution in [0.5, 0.6) is 40.2 Å². The average Bonchev–Trinajstić information content (AvgIpc) is 2.81. The van der Waals surface area contributed by atoms with Crippen LogP contribution in [0.3, 0.4) is 0 Å². The molecule has 2 aromatic carbocycles. The molecular formula is C21H20O14. The number of aromatic hydroxyl groups is 6. The standard InChI is InChI=1S/C21H20O14/c22-4-10-14(29)16(31)17(32)21(33-10)35-20-15(30)11-6(23)3-9(26)13(28)19(11)34-18(20)5-1-7(24)12(27)8(25)2-5/h1-3,10,14,16-17,21-29,31-32H,4H2/t10-,14-,16+,17-,21+/m1/s1. The normalized spacial score (nSPS) is 24.5. The minimum absolute atomic E-state index is 0.321. The van der Waals surface area contributed by atoms with Crippen molar-refractivity contribution in [3.05, 3.63) is 28.4 Å². The van der Waals surface area contributed by atoms with E-state index >= 15 is 0 Å². The van der Waals surface area contributed by atoms with E-state index in [1.165, 1.54) is 0 Å². The minimum Gasteiger partial charge on any atom is -0.507 e. The van der Waals surface area contributed by atoms with Gasteiger partial charge in [-0.05, 0) is 12.1 Å². The van der Waals surface area contributed by atoms with E-state index in [0.717, 1.165) is 12.1 Å². The Morgan fingerprint density at radius 2 is 1.40 bits per heavy atom. The minimum atomic E-state index is -1.96. The molecule has 0 spiro atoms. The summed E-state index contributed by atoms with van der Waals surface area (Å²) in [6.45, 7) is -0.808. The number of ether oxygens (including phenoxy) is 2. The van der Waals surface area contributed by atoms with Crippen LogP contribution in [0.15, 0.2) is 27.4 Å². The molecule has 0 unspecified atom stereocenters. The lowest BCUT2D eigenvalue weighted by Crippen LogP contribution is -2.60. The summed E-state index contributed by atoms with van der Waals surface area (Å²) in [4.78, 5) is 13.3. The van der Waals surface area contributed by atoms with Gasteiger partial charge in [-0.25, -0.2) is 0 Å². The Morgan fingerprint density at radius 1 is 0.800 bits per heavy atom. The fourth-order valence-electron chi connectivity index (χ4n) is 3.62. The Kier molecular flexibility index (Phi) is 6.00. The fourth-order valence-corrected chi connectivity index (χ4v) is 3.62. The van der Waals surface area contributed by atoms with Gasteiger partial charge in [0.25, 0.3) is 0 Å². The van der Waals surface area contributed by atoms with Gasteiger partial charge in [0, 0.05) is 11.6 Å². The smallest absolute Gasteiger partial charge is 0.239 e. The van der Waals surface area contributed by atoms with Crippen LogP contribution in [0.2, 0.25) is 0 Å². The summed E-state index contributed by atoms with van der Waals surface area (Å²) >= 11 is 0. The second-order valence-electron chi connectivity index (χ2n) is 7.74. The first-order valence-corrected chi connectivity index (χ1v) is 9.93. The average molecular weight is 496 g/mol. The van der Waals surface area contributed by atoms with Crippen molar-refractivity contribution in [2.75, 3.05) is 6.61 Å². The third-order valence-electron chi connectivity index (χ3n) is 5.47. The largest absolute Gasteiger partial charge is 0.507 e. The first-order valence-electron chi connectivity index (χ1n) is 9.93. The lowest BCUT2D eigenvalue weighted by Gasteiger charge is -2.39. The molecule has 14 heteroatoms. The van der Waals surface area contributed by atoms with E-state index in [1.54, 1.807) is 0 Å². The highest BCUT2D eigenvalue weighted by Crippen LogP contribution is 2.45. The van der Waals surface area contributed by atoms with E-state index in [1.807, 2.05) is 0 Å². The zero-order valence-corrected chi connectivity index (χ0v) is 17.4. The highest BCUT2D eigenvalue weighted by molar-refractivity contribution is 5.93. The maximum atomic E-state index is 13.3. The van der Waals surface area contributed by atoms with Crippen LogP contribution in [0.1, 0.15) is 0 Å². The van der Waals surface area contributed by atoms with Crippen molar-refractivity contribution in [3.8, 4) is 51.6 Å². The Labute approximate surface area is 193 Å². The SMILES string of the molecule is O=c1c(O[C@@H]2O[C@H](CO)[C@@H](O)[C@H](O)[C@H]2O)c(-c2cc(O)c(O)c(O)c2)oc2c(O)c(O)cc(O)c12. The second-order valence-corrected chi connectivity index (χ2v) is 7.74. The summed E-state index contributed by atoms with van der Waals surface area (Å²) in [5.41, 5.74) is -2.24. The summed E-state index contributed by atoms with van der Waals surface area (Å²) in [6.07, 6.45) is -8.88. The second kappa shape index (κ2) is 8.68. The number of benzene rings is 2. The molecule has 1 saturated heterocycles. The molecular weight excluding hydrogens is 476 g/mol. The van der Waals surface area contributed by atoms with Crippen LogP contribution in [0, 0.1) is 0 Å². The van der Waals surface area contributed by atoms with E-state index < -0.39 is 99.7 Å². The molecule has 2 heterocycles. The molecule has 1 aromatic heterocycles. The van der Waals surface area contributed by atoms with E-state index in [0.29, 0.717) is 6.07 Å². The molecule has 0 aliphatic carbocycles. The van der Waals surface area contributed by atoms with Crippen molar-refractivity contribution >= 4 is 11.0 Å². The van der Waals surface area contributed by atoms with Gasteiger partial charge < -0.3 is 65.0 Å². The maximum absolute atomic E-state index is 13.3. The van der Waals surface area contributed by atoms with Crippen molar-refractivity contribution in [2.24, 2.45) is 0 Å². The molecule has 1 aliphatic rings. The first-order chi connectivity index (χ1) is 16.5. The lowest BCUT2D eigenvalue weighted by atomic mass is 9.99. The number of rotatable bonds is 4. The molecule has 1 fully saturated rings. The van der Waals surface area contributed by atoms with Crippen LogP contribution in [0.25, 0.3) is 22.3 Å². The summed E-state index contributed by atoms with van der Waals surface area (Å²) in [5.74, 6) is -6.77. The summed E-state index contributed by atoms with van der Waals surface area (Å²) in [7, 11) is 0. The molecule has 0 bridgehead atoms. The number of aliphatic hydroxyl groups is 4. The monoisotopic (exact) mass is 496 g/mol. The highest BCUT2D eigenvalue weighted by Gasteiger charge is 2.45. The first kappa shape index (κ1) is 24.2. The third-order valence-corrected chi connectivity index (χ3v) is 5.47. The van der Waals surface area contributed by atoms with E-state index in [-0.39, 0.29) is 5.56 Å². The molecule has 5 atom stereocenters. The summed E-state index contributed by atoms with van der Waals surface area (Å²) in [6, 6.07) is 2.31. The van der Waals surface area contributed by atoms with Gasteiger partial charge in [-0.3, -0.25) is 4.79 Å². The van der Waals surface area contributed by atoms with Crippen LogP contribution >= 0.6 is 0 Å². The van der Waals surface area contributed by atoms with Gasteiger partial charge in [0.15, 0.2) is 34.3 Å². The molecule has 4 rings (SSSR count). The molecule has 0 amide bonds. The van der Waals surface area contributed by atoms with Gasteiger partial charge in [-0.15, -0.1) is 0 Å². The van der Waals surface area contributed by atoms with Crippen LogP contribution in [0.4, 0.5) is 0 Å². The molecule has 10 N–H and O–H groups in total. The molecule has 188 valence electrons. The van der Waals surface area contributed by atoms with Gasteiger partial charge >= 0.3 is 0 Å². The zero-order chi connectivity index (χ0) is 25.8. The van der Waals surface area contributed by atoms with Crippen LogP contribution < -0.4 is 10.2 Å². The summed E-state index contributed by atoms with van der Waals surface area (Å²) in [5, 5.41) is 98.6.